The zero-order valence-corrected chi connectivity index (χ0v) is 11.8. The molecule has 0 saturated heterocycles. The summed E-state index contributed by atoms with van der Waals surface area (Å²) in [5, 5.41) is 3.60. The first-order valence-corrected chi connectivity index (χ1v) is 7.12. The molecule has 1 fully saturated rings. The van der Waals surface area contributed by atoms with Crippen LogP contribution in [0.4, 0.5) is 0 Å². The molecule has 0 radical (unpaired) electrons. The fourth-order valence-electron chi connectivity index (χ4n) is 3.01. The summed E-state index contributed by atoms with van der Waals surface area (Å²) in [6.07, 6.45) is 3.78. The van der Waals surface area contributed by atoms with Gasteiger partial charge in [-0.1, -0.05) is 32.4 Å². The summed E-state index contributed by atoms with van der Waals surface area (Å²) in [4.78, 5) is 0. The largest absolute Gasteiger partial charge is 0.497 e. The third kappa shape index (κ3) is 2.54. The highest BCUT2D eigenvalue weighted by molar-refractivity contribution is 5.39. The maximum absolute atomic E-state index is 5.35. The Kier molecular flexibility index (Phi) is 4.28. The molecule has 0 aliphatic heterocycles. The number of hydrogen-bond donors (Lipinski definition) is 1. The van der Waals surface area contributed by atoms with Gasteiger partial charge in [0.1, 0.15) is 5.75 Å². The van der Waals surface area contributed by atoms with Gasteiger partial charge in [0.2, 0.25) is 0 Å². The number of methoxy groups -OCH3 is 1. The van der Waals surface area contributed by atoms with Gasteiger partial charge in [-0.05, 0) is 43.0 Å². The van der Waals surface area contributed by atoms with Crippen LogP contribution < -0.4 is 10.1 Å². The molecular formula is C16H25NO. The van der Waals surface area contributed by atoms with Crippen LogP contribution in [0.5, 0.6) is 5.75 Å². The van der Waals surface area contributed by atoms with Gasteiger partial charge in [0.05, 0.1) is 7.11 Å². The van der Waals surface area contributed by atoms with E-state index in [1.165, 1.54) is 24.8 Å². The number of benzene rings is 1. The van der Waals surface area contributed by atoms with Crippen molar-refractivity contribution in [2.75, 3.05) is 20.2 Å². The third-order valence-electron chi connectivity index (χ3n) is 4.24. The van der Waals surface area contributed by atoms with Crippen LogP contribution in [0, 0.1) is 5.92 Å². The van der Waals surface area contributed by atoms with E-state index in [0.29, 0.717) is 5.41 Å². The molecule has 100 valence electrons. The normalized spacial score (nSPS) is 26.1. The maximum atomic E-state index is 5.35. The molecule has 2 atom stereocenters. The molecule has 0 heterocycles. The SMILES string of the molecule is CCCNCC1(c2cccc(OC)c2)CC1CC. The van der Waals surface area contributed by atoms with Crippen LogP contribution in [0.2, 0.25) is 0 Å². The minimum Gasteiger partial charge on any atom is -0.497 e. The second kappa shape index (κ2) is 5.75. The van der Waals surface area contributed by atoms with Crippen molar-refractivity contribution in [1.29, 1.82) is 0 Å². The smallest absolute Gasteiger partial charge is 0.119 e. The van der Waals surface area contributed by atoms with E-state index in [1.807, 2.05) is 6.07 Å². The molecule has 1 N–H and O–H groups in total. The molecule has 0 amide bonds. The molecule has 2 heteroatoms. The Morgan fingerprint density at radius 1 is 1.39 bits per heavy atom. The van der Waals surface area contributed by atoms with Gasteiger partial charge in [0, 0.05) is 12.0 Å². The molecule has 18 heavy (non-hydrogen) atoms. The van der Waals surface area contributed by atoms with Gasteiger partial charge in [-0.15, -0.1) is 0 Å². The van der Waals surface area contributed by atoms with Crippen molar-refractivity contribution in [3.8, 4) is 5.75 Å². The number of nitrogens with one attached hydrogen (secondary N) is 1. The fourth-order valence-corrected chi connectivity index (χ4v) is 3.01. The van der Waals surface area contributed by atoms with Crippen molar-refractivity contribution >= 4 is 0 Å². The van der Waals surface area contributed by atoms with E-state index in [4.69, 9.17) is 4.74 Å². The zero-order valence-electron chi connectivity index (χ0n) is 11.8. The summed E-state index contributed by atoms with van der Waals surface area (Å²) in [6, 6.07) is 8.61. The van der Waals surface area contributed by atoms with Crippen molar-refractivity contribution in [2.45, 2.75) is 38.5 Å². The van der Waals surface area contributed by atoms with E-state index < -0.39 is 0 Å². The zero-order chi connectivity index (χ0) is 13.0. The minimum atomic E-state index is 0.360. The quantitative estimate of drug-likeness (QED) is 0.746. The molecule has 1 saturated carbocycles. The van der Waals surface area contributed by atoms with Crippen LogP contribution in [-0.4, -0.2) is 20.2 Å². The molecule has 0 bridgehead atoms. The maximum Gasteiger partial charge on any atom is 0.119 e. The molecule has 1 aliphatic rings. The Morgan fingerprint density at radius 2 is 2.22 bits per heavy atom. The van der Waals surface area contributed by atoms with E-state index in [9.17, 15) is 0 Å². The summed E-state index contributed by atoms with van der Waals surface area (Å²) >= 11 is 0. The summed E-state index contributed by atoms with van der Waals surface area (Å²) in [5.41, 5.74) is 1.80. The van der Waals surface area contributed by atoms with Gasteiger partial charge in [0.15, 0.2) is 0 Å². The highest BCUT2D eigenvalue weighted by atomic mass is 16.5. The first kappa shape index (κ1) is 13.4. The molecule has 0 aromatic heterocycles. The Hall–Kier alpha value is -1.02. The van der Waals surface area contributed by atoms with Crippen LogP contribution in [-0.2, 0) is 5.41 Å². The fraction of sp³-hybridized carbons (Fsp3) is 0.625. The van der Waals surface area contributed by atoms with Gasteiger partial charge < -0.3 is 10.1 Å². The Morgan fingerprint density at radius 3 is 2.83 bits per heavy atom. The average Bonchev–Trinajstić information content (AvgIpc) is 3.14. The monoisotopic (exact) mass is 247 g/mol. The average molecular weight is 247 g/mol. The lowest BCUT2D eigenvalue weighted by Gasteiger charge is -2.19. The lowest BCUT2D eigenvalue weighted by atomic mass is 9.92. The van der Waals surface area contributed by atoms with E-state index in [-0.39, 0.29) is 0 Å². The first-order valence-electron chi connectivity index (χ1n) is 7.12. The van der Waals surface area contributed by atoms with Crippen molar-refractivity contribution in [2.24, 2.45) is 5.92 Å². The summed E-state index contributed by atoms with van der Waals surface area (Å²) in [7, 11) is 1.74. The van der Waals surface area contributed by atoms with Crippen LogP contribution >= 0.6 is 0 Å². The summed E-state index contributed by atoms with van der Waals surface area (Å²) in [6.45, 7) is 6.73. The van der Waals surface area contributed by atoms with Crippen molar-refractivity contribution in [1.82, 2.24) is 5.32 Å². The number of rotatable bonds is 7. The topological polar surface area (TPSA) is 21.3 Å². The van der Waals surface area contributed by atoms with Crippen LogP contribution in [0.1, 0.15) is 38.7 Å². The van der Waals surface area contributed by atoms with E-state index in [2.05, 4.69) is 37.4 Å². The molecule has 2 nitrogen and oxygen atoms in total. The Bertz CT molecular complexity index is 390. The molecule has 1 aromatic rings. The number of hydrogen-bond acceptors (Lipinski definition) is 2. The molecule has 1 aromatic carbocycles. The van der Waals surface area contributed by atoms with Crippen LogP contribution in [0.15, 0.2) is 24.3 Å². The predicted molar refractivity (Wildman–Crippen MR) is 76.2 cm³/mol. The predicted octanol–water partition coefficient (Wildman–Crippen LogP) is 3.36. The van der Waals surface area contributed by atoms with Gasteiger partial charge in [-0.25, -0.2) is 0 Å². The van der Waals surface area contributed by atoms with E-state index >= 15 is 0 Å². The van der Waals surface area contributed by atoms with Crippen LogP contribution in [0.25, 0.3) is 0 Å². The second-order valence-electron chi connectivity index (χ2n) is 5.37. The minimum absolute atomic E-state index is 0.360. The Balaban J connectivity index is 2.14. The summed E-state index contributed by atoms with van der Waals surface area (Å²) < 4.78 is 5.35. The van der Waals surface area contributed by atoms with Crippen molar-refractivity contribution in [3.63, 3.8) is 0 Å². The Labute approximate surface area is 111 Å². The van der Waals surface area contributed by atoms with E-state index in [0.717, 1.165) is 24.8 Å². The van der Waals surface area contributed by atoms with Crippen LogP contribution in [0.3, 0.4) is 0 Å². The number of ether oxygens (including phenoxy) is 1. The second-order valence-corrected chi connectivity index (χ2v) is 5.37. The third-order valence-corrected chi connectivity index (χ3v) is 4.24. The van der Waals surface area contributed by atoms with Crippen molar-refractivity contribution in [3.05, 3.63) is 29.8 Å². The van der Waals surface area contributed by atoms with Gasteiger partial charge >= 0.3 is 0 Å². The highest BCUT2D eigenvalue weighted by Gasteiger charge is 2.53. The molecule has 0 spiro atoms. The van der Waals surface area contributed by atoms with E-state index in [1.54, 1.807) is 7.11 Å². The lowest BCUT2D eigenvalue weighted by molar-refractivity contribution is 0.412. The first-order chi connectivity index (χ1) is 8.76. The molecule has 1 aliphatic carbocycles. The molecular weight excluding hydrogens is 222 g/mol. The van der Waals surface area contributed by atoms with Gasteiger partial charge in [0.25, 0.3) is 0 Å². The lowest BCUT2D eigenvalue weighted by Crippen LogP contribution is -2.29. The van der Waals surface area contributed by atoms with Gasteiger partial charge in [-0.3, -0.25) is 0 Å². The van der Waals surface area contributed by atoms with Crippen molar-refractivity contribution < 1.29 is 4.74 Å². The highest BCUT2D eigenvalue weighted by Crippen LogP contribution is 2.56. The molecule has 2 rings (SSSR count). The van der Waals surface area contributed by atoms with Gasteiger partial charge in [-0.2, -0.15) is 0 Å². The standard InChI is InChI=1S/C16H25NO/c1-4-9-17-12-16(11-13(16)5-2)14-7-6-8-15(10-14)18-3/h6-8,10,13,17H,4-5,9,11-12H2,1-3H3. The summed E-state index contributed by atoms with van der Waals surface area (Å²) in [5.74, 6) is 1.80. The molecule has 2 unspecified atom stereocenters.